The summed E-state index contributed by atoms with van der Waals surface area (Å²) < 4.78 is 5.70. The molecule has 1 fully saturated rings. The van der Waals surface area contributed by atoms with Crippen LogP contribution in [0.25, 0.3) is 0 Å². The molecule has 0 aliphatic carbocycles. The molecule has 3 amide bonds. The van der Waals surface area contributed by atoms with Gasteiger partial charge in [-0.15, -0.1) is 0 Å². The standard InChI is InChI=1S/C17H25ClN4O3/c1-2-19-17(24)20-16(23)13-22-9-7-21(8-10-22)11-12-25-15-5-3-14(18)4-6-15/h3-6H,2,7-13H2,1H3,(H2,19,20,23,24). The number of rotatable bonds is 7. The zero-order valence-corrected chi connectivity index (χ0v) is 15.2. The third-order valence-electron chi connectivity index (χ3n) is 3.91. The van der Waals surface area contributed by atoms with Crippen LogP contribution in [0, 0.1) is 0 Å². The van der Waals surface area contributed by atoms with Crippen LogP contribution in [0.2, 0.25) is 5.02 Å². The highest BCUT2D eigenvalue weighted by molar-refractivity contribution is 6.30. The predicted molar refractivity (Wildman–Crippen MR) is 97.0 cm³/mol. The monoisotopic (exact) mass is 368 g/mol. The van der Waals surface area contributed by atoms with Crippen LogP contribution in [0.4, 0.5) is 4.79 Å². The van der Waals surface area contributed by atoms with E-state index in [-0.39, 0.29) is 12.5 Å². The lowest BCUT2D eigenvalue weighted by Gasteiger charge is -2.34. The van der Waals surface area contributed by atoms with Gasteiger partial charge >= 0.3 is 6.03 Å². The molecule has 8 heteroatoms. The zero-order chi connectivity index (χ0) is 18.1. The van der Waals surface area contributed by atoms with Crippen LogP contribution < -0.4 is 15.4 Å². The van der Waals surface area contributed by atoms with Crippen molar-refractivity contribution in [2.24, 2.45) is 0 Å². The fraction of sp³-hybridized carbons (Fsp3) is 0.529. The number of nitrogens with one attached hydrogen (secondary N) is 2. The molecule has 0 saturated carbocycles. The van der Waals surface area contributed by atoms with E-state index in [1.807, 2.05) is 29.2 Å². The van der Waals surface area contributed by atoms with Crippen LogP contribution in [0.5, 0.6) is 5.75 Å². The summed E-state index contributed by atoms with van der Waals surface area (Å²) in [4.78, 5) is 27.4. The SMILES string of the molecule is CCNC(=O)NC(=O)CN1CCN(CCOc2ccc(Cl)cc2)CC1. The molecule has 0 aromatic heterocycles. The second-order valence-electron chi connectivity index (χ2n) is 5.83. The van der Waals surface area contributed by atoms with E-state index in [9.17, 15) is 9.59 Å². The van der Waals surface area contributed by atoms with Crippen molar-refractivity contribution in [3.05, 3.63) is 29.3 Å². The summed E-state index contributed by atoms with van der Waals surface area (Å²) >= 11 is 5.84. The maximum absolute atomic E-state index is 11.8. The molecule has 1 aliphatic heterocycles. The van der Waals surface area contributed by atoms with Gasteiger partial charge in [0, 0.05) is 44.3 Å². The van der Waals surface area contributed by atoms with E-state index in [0.29, 0.717) is 18.2 Å². The van der Waals surface area contributed by atoms with Crippen molar-refractivity contribution in [2.75, 3.05) is 52.4 Å². The summed E-state index contributed by atoms with van der Waals surface area (Å²) in [5.74, 6) is 0.538. The van der Waals surface area contributed by atoms with Gasteiger partial charge in [-0.05, 0) is 31.2 Å². The van der Waals surface area contributed by atoms with Crippen molar-refractivity contribution >= 4 is 23.5 Å². The largest absolute Gasteiger partial charge is 0.492 e. The Labute approximate surface area is 153 Å². The van der Waals surface area contributed by atoms with Crippen molar-refractivity contribution in [3.63, 3.8) is 0 Å². The highest BCUT2D eigenvalue weighted by Crippen LogP contribution is 2.15. The molecule has 7 nitrogen and oxygen atoms in total. The first kappa shape index (κ1) is 19.5. The number of hydrogen-bond donors (Lipinski definition) is 2. The number of benzene rings is 1. The molecule has 1 saturated heterocycles. The number of carbonyl (C=O) groups is 2. The number of urea groups is 1. The van der Waals surface area contributed by atoms with Crippen molar-refractivity contribution in [1.29, 1.82) is 0 Å². The van der Waals surface area contributed by atoms with Gasteiger partial charge in [0.1, 0.15) is 12.4 Å². The average Bonchev–Trinajstić information content (AvgIpc) is 2.58. The predicted octanol–water partition coefficient (Wildman–Crippen LogP) is 1.18. The highest BCUT2D eigenvalue weighted by atomic mass is 35.5. The topological polar surface area (TPSA) is 73.9 Å². The lowest BCUT2D eigenvalue weighted by molar-refractivity contribution is -0.121. The molecule has 0 bridgehead atoms. The first-order valence-corrected chi connectivity index (χ1v) is 8.85. The number of amides is 3. The minimum absolute atomic E-state index is 0.242. The average molecular weight is 369 g/mol. The third-order valence-corrected chi connectivity index (χ3v) is 4.16. The number of nitrogens with zero attached hydrogens (tertiary/aromatic N) is 2. The van der Waals surface area contributed by atoms with Crippen LogP contribution in [-0.4, -0.2) is 74.2 Å². The van der Waals surface area contributed by atoms with Gasteiger partial charge in [-0.2, -0.15) is 0 Å². The van der Waals surface area contributed by atoms with E-state index in [0.717, 1.165) is 38.5 Å². The summed E-state index contributed by atoms with van der Waals surface area (Å²) in [6, 6.07) is 6.88. The van der Waals surface area contributed by atoms with Crippen molar-refractivity contribution in [1.82, 2.24) is 20.4 Å². The normalized spacial score (nSPS) is 15.6. The van der Waals surface area contributed by atoms with Crippen LogP contribution >= 0.6 is 11.6 Å². The Hall–Kier alpha value is -1.83. The zero-order valence-electron chi connectivity index (χ0n) is 14.5. The third kappa shape index (κ3) is 7.29. The van der Waals surface area contributed by atoms with Crippen molar-refractivity contribution in [3.8, 4) is 5.75 Å². The van der Waals surface area contributed by atoms with Gasteiger partial charge in [0.2, 0.25) is 5.91 Å². The Kier molecular flexibility index (Phi) is 7.97. The Morgan fingerprint density at radius 1 is 1.12 bits per heavy atom. The number of halogens is 1. The number of piperazine rings is 1. The van der Waals surface area contributed by atoms with Crippen LogP contribution in [-0.2, 0) is 4.79 Å². The van der Waals surface area contributed by atoms with E-state index in [4.69, 9.17) is 16.3 Å². The van der Waals surface area contributed by atoms with Gasteiger partial charge in [-0.3, -0.25) is 19.9 Å². The second kappa shape index (κ2) is 10.2. The lowest BCUT2D eigenvalue weighted by atomic mass is 10.3. The maximum Gasteiger partial charge on any atom is 0.321 e. The Morgan fingerprint density at radius 2 is 1.76 bits per heavy atom. The summed E-state index contributed by atoms with van der Waals surface area (Å²) in [6.45, 7) is 7.33. The molecule has 2 rings (SSSR count). The number of carbonyl (C=O) groups excluding carboxylic acids is 2. The van der Waals surface area contributed by atoms with Gasteiger partial charge in [0.25, 0.3) is 0 Å². The van der Waals surface area contributed by atoms with Crippen molar-refractivity contribution < 1.29 is 14.3 Å². The summed E-state index contributed by atoms with van der Waals surface area (Å²) in [5, 5.41) is 5.56. The fourth-order valence-corrected chi connectivity index (χ4v) is 2.69. The number of imide groups is 1. The van der Waals surface area contributed by atoms with Gasteiger partial charge in [-0.1, -0.05) is 11.6 Å². The van der Waals surface area contributed by atoms with Gasteiger partial charge < -0.3 is 10.1 Å². The maximum atomic E-state index is 11.8. The molecule has 25 heavy (non-hydrogen) atoms. The number of hydrogen-bond acceptors (Lipinski definition) is 5. The summed E-state index contributed by atoms with van der Waals surface area (Å²) in [7, 11) is 0. The van der Waals surface area contributed by atoms with Crippen molar-refractivity contribution in [2.45, 2.75) is 6.92 Å². The van der Waals surface area contributed by atoms with E-state index in [2.05, 4.69) is 15.5 Å². The van der Waals surface area contributed by atoms with Gasteiger partial charge in [0.05, 0.1) is 6.54 Å². The van der Waals surface area contributed by atoms with E-state index >= 15 is 0 Å². The molecule has 1 aliphatic rings. The molecule has 138 valence electrons. The van der Waals surface area contributed by atoms with E-state index in [1.165, 1.54) is 0 Å². The fourth-order valence-electron chi connectivity index (χ4n) is 2.57. The highest BCUT2D eigenvalue weighted by Gasteiger charge is 2.19. The molecular weight excluding hydrogens is 344 g/mol. The second-order valence-corrected chi connectivity index (χ2v) is 6.26. The minimum atomic E-state index is -0.439. The van der Waals surface area contributed by atoms with E-state index in [1.54, 1.807) is 6.92 Å². The smallest absolute Gasteiger partial charge is 0.321 e. The van der Waals surface area contributed by atoms with Gasteiger partial charge in [-0.25, -0.2) is 4.79 Å². The molecule has 0 spiro atoms. The van der Waals surface area contributed by atoms with Crippen LogP contribution in [0.15, 0.2) is 24.3 Å². The lowest BCUT2D eigenvalue weighted by Crippen LogP contribution is -2.51. The first-order valence-electron chi connectivity index (χ1n) is 8.47. The minimum Gasteiger partial charge on any atom is -0.492 e. The summed E-state index contributed by atoms with van der Waals surface area (Å²) in [6.07, 6.45) is 0. The molecular formula is C17H25ClN4O3. The quantitative estimate of drug-likeness (QED) is 0.756. The van der Waals surface area contributed by atoms with Gasteiger partial charge in [0.15, 0.2) is 0 Å². The molecule has 1 heterocycles. The number of ether oxygens (including phenoxy) is 1. The van der Waals surface area contributed by atoms with Crippen LogP contribution in [0.3, 0.4) is 0 Å². The Balaban J connectivity index is 1.60. The molecule has 1 aromatic rings. The molecule has 0 radical (unpaired) electrons. The summed E-state index contributed by atoms with van der Waals surface area (Å²) in [5.41, 5.74) is 0. The molecule has 2 N–H and O–H groups in total. The Morgan fingerprint density at radius 3 is 2.40 bits per heavy atom. The first-order chi connectivity index (χ1) is 12.1. The molecule has 1 aromatic carbocycles. The van der Waals surface area contributed by atoms with Crippen LogP contribution in [0.1, 0.15) is 6.92 Å². The molecule has 0 atom stereocenters. The Bertz CT molecular complexity index is 560. The van der Waals surface area contributed by atoms with E-state index < -0.39 is 6.03 Å². The molecule has 0 unspecified atom stereocenters.